The van der Waals surface area contributed by atoms with Gasteiger partial charge in [-0.2, -0.15) is 0 Å². The summed E-state index contributed by atoms with van der Waals surface area (Å²) >= 11 is 2.68. The minimum Gasteiger partial charge on any atom is -0.397 e. The van der Waals surface area contributed by atoms with Crippen LogP contribution in [0, 0.1) is 13.8 Å². The van der Waals surface area contributed by atoms with Crippen LogP contribution >= 0.6 is 22.7 Å². The van der Waals surface area contributed by atoms with Crippen LogP contribution in [0.5, 0.6) is 0 Å². The number of nitrogens with one attached hydrogen (secondary N) is 1. The largest absolute Gasteiger partial charge is 0.397 e. The second kappa shape index (κ2) is 5.54. The van der Waals surface area contributed by atoms with E-state index in [1.165, 1.54) is 33.8 Å². The maximum atomic E-state index is 12.5. The first-order valence-electron chi connectivity index (χ1n) is 7.34. The molecule has 4 rings (SSSR count). The lowest BCUT2D eigenvalue weighted by Gasteiger charge is -2.03. The van der Waals surface area contributed by atoms with E-state index in [1.807, 2.05) is 11.4 Å². The van der Waals surface area contributed by atoms with Crippen LogP contribution in [-0.2, 0) is 0 Å². The van der Waals surface area contributed by atoms with Crippen LogP contribution in [0.15, 0.2) is 29.8 Å². The van der Waals surface area contributed by atoms with E-state index in [4.69, 9.17) is 5.73 Å². The molecule has 0 bridgehead atoms. The van der Waals surface area contributed by atoms with Crippen molar-refractivity contribution in [3.63, 3.8) is 0 Å². The normalized spacial score (nSPS) is 11.2. The molecular weight excluding hydrogens is 340 g/mol. The minimum atomic E-state index is -0.248. The monoisotopic (exact) mass is 354 g/mol. The van der Waals surface area contributed by atoms with Gasteiger partial charge >= 0.3 is 0 Å². The number of pyridine rings is 1. The molecule has 3 aromatic heterocycles. The van der Waals surface area contributed by atoms with Gasteiger partial charge in [0.15, 0.2) is 5.13 Å². The van der Waals surface area contributed by atoms with Gasteiger partial charge in [0.1, 0.15) is 9.71 Å². The molecule has 120 valence electrons. The van der Waals surface area contributed by atoms with Crippen LogP contribution in [0.3, 0.4) is 0 Å². The molecule has 0 aliphatic rings. The predicted molar refractivity (Wildman–Crippen MR) is 101 cm³/mol. The third kappa shape index (κ3) is 2.42. The molecule has 0 saturated carbocycles. The van der Waals surface area contributed by atoms with Crippen molar-refractivity contribution >= 4 is 60.5 Å². The van der Waals surface area contributed by atoms with Crippen molar-refractivity contribution in [2.24, 2.45) is 0 Å². The number of hydrogen-bond acceptors (Lipinski definition) is 6. The number of aryl methyl sites for hydroxylation is 2. The van der Waals surface area contributed by atoms with Crippen LogP contribution < -0.4 is 11.1 Å². The number of amides is 1. The van der Waals surface area contributed by atoms with E-state index < -0.39 is 0 Å². The molecule has 24 heavy (non-hydrogen) atoms. The smallest absolute Gasteiger partial charge is 0.269 e. The Kier molecular flexibility index (Phi) is 3.47. The standard InChI is InChI=1S/C17H14N4OS2/c1-8-5-10-7-11-13(18)14(15(22)21-17-19-3-4-23-17)24-16(11)20-12(10)6-9(8)2/h3-7H,18H2,1-2H3,(H,19,21,22). The Morgan fingerprint density at radius 2 is 2.00 bits per heavy atom. The summed E-state index contributed by atoms with van der Waals surface area (Å²) < 4.78 is 0. The minimum absolute atomic E-state index is 0.248. The van der Waals surface area contributed by atoms with E-state index in [0.29, 0.717) is 15.7 Å². The van der Waals surface area contributed by atoms with E-state index in [9.17, 15) is 4.79 Å². The predicted octanol–water partition coefficient (Wildman–Crippen LogP) is 4.36. The maximum Gasteiger partial charge on any atom is 0.269 e. The number of nitrogen functional groups attached to an aromatic ring is 1. The number of hydrogen-bond donors (Lipinski definition) is 2. The highest BCUT2D eigenvalue weighted by Gasteiger charge is 2.18. The van der Waals surface area contributed by atoms with E-state index in [-0.39, 0.29) is 5.91 Å². The molecule has 0 spiro atoms. The van der Waals surface area contributed by atoms with Gasteiger partial charge in [-0.1, -0.05) is 0 Å². The zero-order chi connectivity index (χ0) is 16.8. The van der Waals surface area contributed by atoms with E-state index in [2.05, 4.69) is 41.3 Å². The fourth-order valence-corrected chi connectivity index (χ4v) is 4.08. The Bertz CT molecular complexity index is 1080. The van der Waals surface area contributed by atoms with Crippen LogP contribution in [0.2, 0.25) is 0 Å². The van der Waals surface area contributed by atoms with Gasteiger partial charge in [0.2, 0.25) is 0 Å². The molecule has 0 aliphatic carbocycles. The number of thiophene rings is 1. The van der Waals surface area contributed by atoms with Gasteiger partial charge in [0, 0.05) is 22.3 Å². The lowest BCUT2D eigenvalue weighted by Crippen LogP contribution is -2.11. The van der Waals surface area contributed by atoms with Crippen molar-refractivity contribution in [3.05, 3.63) is 45.8 Å². The van der Waals surface area contributed by atoms with Gasteiger partial charge in [-0.25, -0.2) is 9.97 Å². The quantitative estimate of drug-likeness (QED) is 0.560. The fraction of sp³-hybridized carbons (Fsp3) is 0.118. The molecule has 0 saturated heterocycles. The molecule has 3 N–H and O–H groups in total. The van der Waals surface area contributed by atoms with E-state index in [0.717, 1.165) is 21.1 Å². The number of carbonyl (C=O) groups excluding carboxylic acids is 1. The Morgan fingerprint density at radius 3 is 2.75 bits per heavy atom. The number of benzene rings is 1. The molecule has 4 aromatic rings. The lowest BCUT2D eigenvalue weighted by atomic mass is 10.1. The van der Waals surface area contributed by atoms with Crippen molar-refractivity contribution < 1.29 is 4.79 Å². The van der Waals surface area contributed by atoms with E-state index >= 15 is 0 Å². The summed E-state index contributed by atoms with van der Waals surface area (Å²) in [7, 11) is 0. The van der Waals surface area contributed by atoms with Gasteiger partial charge in [-0.05, 0) is 43.2 Å². The SMILES string of the molecule is Cc1cc2cc3c(N)c(C(=O)Nc4nccs4)sc3nc2cc1C. The fourth-order valence-electron chi connectivity index (χ4n) is 2.58. The molecule has 0 atom stereocenters. The summed E-state index contributed by atoms with van der Waals surface area (Å²) in [6, 6.07) is 6.18. The molecule has 5 nitrogen and oxygen atoms in total. The zero-order valence-corrected chi connectivity index (χ0v) is 14.7. The van der Waals surface area contributed by atoms with E-state index in [1.54, 1.807) is 6.20 Å². The number of nitrogens with two attached hydrogens (primary N) is 1. The van der Waals surface area contributed by atoms with Gasteiger partial charge in [0.05, 0.1) is 11.2 Å². The third-order valence-corrected chi connectivity index (χ3v) is 5.79. The van der Waals surface area contributed by atoms with Crippen molar-refractivity contribution in [3.8, 4) is 0 Å². The van der Waals surface area contributed by atoms with Gasteiger partial charge in [-0.3, -0.25) is 10.1 Å². The number of carbonyl (C=O) groups is 1. The second-order valence-corrected chi connectivity index (χ2v) is 7.50. The van der Waals surface area contributed by atoms with Crippen LogP contribution in [-0.4, -0.2) is 15.9 Å². The molecule has 1 amide bonds. The maximum absolute atomic E-state index is 12.5. The molecule has 0 unspecified atom stereocenters. The summed E-state index contributed by atoms with van der Waals surface area (Å²) in [5, 5.41) is 6.99. The molecule has 0 aliphatic heterocycles. The van der Waals surface area contributed by atoms with Crippen LogP contribution in [0.4, 0.5) is 10.8 Å². The molecule has 0 radical (unpaired) electrons. The van der Waals surface area contributed by atoms with Gasteiger partial charge in [-0.15, -0.1) is 22.7 Å². The van der Waals surface area contributed by atoms with Crippen molar-refractivity contribution in [1.29, 1.82) is 0 Å². The first-order chi connectivity index (χ1) is 11.5. The first kappa shape index (κ1) is 15.0. The number of nitrogens with zero attached hydrogens (tertiary/aromatic N) is 2. The Balaban J connectivity index is 1.84. The van der Waals surface area contributed by atoms with Crippen LogP contribution in [0.1, 0.15) is 20.8 Å². The Labute approximate surface area is 146 Å². The number of anilines is 2. The summed E-state index contributed by atoms with van der Waals surface area (Å²) in [6.45, 7) is 4.14. The average molecular weight is 354 g/mol. The first-order valence-corrected chi connectivity index (χ1v) is 9.03. The molecule has 3 heterocycles. The zero-order valence-electron chi connectivity index (χ0n) is 13.1. The highest BCUT2D eigenvalue weighted by atomic mass is 32.1. The number of thiazole rings is 1. The highest BCUT2D eigenvalue weighted by Crippen LogP contribution is 2.35. The van der Waals surface area contributed by atoms with Crippen LogP contribution in [0.25, 0.3) is 21.1 Å². The molecule has 1 aromatic carbocycles. The molecule has 7 heteroatoms. The number of aromatic nitrogens is 2. The molecular formula is C17H14N4OS2. The Morgan fingerprint density at radius 1 is 1.21 bits per heavy atom. The average Bonchev–Trinajstić information content (AvgIpc) is 3.15. The van der Waals surface area contributed by atoms with Gasteiger partial charge in [0.25, 0.3) is 5.91 Å². The summed E-state index contributed by atoms with van der Waals surface area (Å²) in [5.74, 6) is -0.248. The Hall–Kier alpha value is -2.51. The number of rotatable bonds is 2. The van der Waals surface area contributed by atoms with Crippen molar-refractivity contribution in [1.82, 2.24) is 9.97 Å². The third-order valence-electron chi connectivity index (χ3n) is 3.99. The highest BCUT2D eigenvalue weighted by molar-refractivity contribution is 7.21. The second-order valence-electron chi connectivity index (χ2n) is 5.61. The molecule has 0 fully saturated rings. The lowest BCUT2D eigenvalue weighted by molar-refractivity contribution is 0.103. The topological polar surface area (TPSA) is 80.9 Å². The van der Waals surface area contributed by atoms with Gasteiger partial charge < -0.3 is 5.73 Å². The van der Waals surface area contributed by atoms with Crippen molar-refractivity contribution in [2.45, 2.75) is 13.8 Å². The number of fused-ring (bicyclic) bond motifs is 2. The summed E-state index contributed by atoms with van der Waals surface area (Å²) in [5.41, 5.74) is 10.0. The summed E-state index contributed by atoms with van der Waals surface area (Å²) in [4.78, 5) is 22.5. The van der Waals surface area contributed by atoms with Crippen molar-refractivity contribution in [2.75, 3.05) is 11.1 Å². The summed E-state index contributed by atoms with van der Waals surface area (Å²) in [6.07, 6.45) is 1.65.